The summed E-state index contributed by atoms with van der Waals surface area (Å²) in [6, 6.07) is 54.7. The van der Waals surface area contributed by atoms with Crippen molar-refractivity contribution in [3.05, 3.63) is 164 Å². The van der Waals surface area contributed by atoms with Crippen LogP contribution in [0.2, 0.25) is 0 Å². The van der Waals surface area contributed by atoms with Crippen LogP contribution in [0.4, 0.5) is 0 Å². The average molecular weight is 630 g/mol. The summed E-state index contributed by atoms with van der Waals surface area (Å²) in [5.74, 6) is 2.47. The minimum Gasteiger partial charge on any atom is -0.456 e. The Hall–Kier alpha value is -6.79. The fourth-order valence-electron chi connectivity index (χ4n) is 6.08. The third-order valence-electron chi connectivity index (χ3n) is 8.55. The summed E-state index contributed by atoms with van der Waals surface area (Å²) in [5, 5.41) is 1.98. The molecule has 9 aromatic rings. The molecular formula is C43H27N5O. The summed E-state index contributed by atoms with van der Waals surface area (Å²) < 4.78 is 6.41. The molecule has 6 heteroatoms. The second-order valence-electron chi connectivity index (χ2n) is 11.8. The molecule has 0 unspecified atom stereocenters. The summed E-state index contributed by atoms with van der Waals surface area (Å²) >= 11 is 0. The minimum absolute atomic E-state index is 0.579. The number of aromatic nitrogens is 5. The Morgan fingerprint density at radius 2 is 0.714 bits per heavy atom. The van der Waals surface area contributed by atoms with E-state index in [-0.39, 0.29) is 0 Å². The number of hydrogen-bond donors (Lipinski definition) is 0. The van der Waals surface area contributed by atoms with E-state index in [0.717, 1.165) is 66.7 Å². The van der Waals surface area contributed by atoms with Crippen molar-refractivity contribution in [3.8, 4) is 68.1 Å². The van der Waals surface area contributed by atoms with Gasteiger partial charge in [-0.1, -0.05) is 127 Å². The number of hydrogen-bond acceptors (Lipinski definition) is 6. The van der Waals surface area contributed by atoms with Gasteiger partial charge >= 0.3 is 0 Å². The molecule has 3 aromatic heterocycles. The Kier molecular flexibility index (Phi) is 7.02. The molecule has 0 aliphatic heterocycles. The van der Waals surface area contributed by atoms with E-state index in [2.05, 4.69) is 42.5 Å². The zero-order chi connectivity index (χ0) is 32.6. The first kappa shape index (κ1) is 28.4. The van der Waals surface area contributed by atoms with Gasteiger partial charge in [0.1, 0.15) is 11.2 Å². The van der Waals surface area contributed by atoms with Crippen LogP contribution in [0.15, 0.2) is 168 Å². The van der Waals surface area contributed by atoms with Crippen LogP contribution in [0, 0.1) is 0 Å². The lowest BCUT2D eigenvalue weighted by molar-refractivity contribution is 0.669. The molecule has 230 valence electrons. The lowest BCUT2D eigenvalue weighted by Crippen LogP contribution is -2.00. The maximum absolute atomic E-state index is 6.41. The normalized spacial score (nSPS) is 11.3. The fraction of sp³-hybridized carbons (Fsp3) is 0. The summed E-state index contributed by atoms with van der Waals surface area (Å²) in [4.78, 5) is 24.7. The zero-order valence-corrected chi connectivity index (χ0v) is 26.2. The van der Waals surface area contributed by atoms with Gasteiger partial charge < -0.3 is 4.42 Å². The summed E-state index contributed by atoms with van der Waals surface area (Å²) in [6.45, 7) is 0. The summed E-state index contributed by atoms with van der Waals surface area (Å²) in [5.41, 5.74) is 8.94. The maximum atomic E-state index is 6.41. The third-order valence-corrected chi connectivity index (χ3v) is 8.55. The maximum Gasteiger partial charge on any atom is 0.164 e. The highest BCUT2D eigenvalue weighted by molar-refractivity contribution is 6.07. The van der Waals surface area contributed by atoms with E-state index < -0.39 is 0 Å². The highest BCUT2D eigenvalue weighted by atomic mass is 16.3. The SMILES string of the molecule is c1ccc(-c2cc(-c3ccccc3)nc(-c3ccc4oc5cc(-c6nc(-c7ccccc7)nc(-c7ccccc7)n6)ccc5c4c3)n2)cc1. The van der Waals surface area contributed by atoms with Crippen LogP contribution in [0.5, 0.6) is 0 Å². The molecule has 6 nitrogen and oxygen atoms in total. The molecule has 0 aliphatic carbocycles. The van der Waals surface area contributed by atoms with Crippen LogP contribution < -0.4 is 0 Å². The molecule has 0 saturated heterocycles. The van der Waals surface area contributed by atoms with Crippen molar-refractivity contribution in [1.29, 1.82) is 0 Å². The summed E-state index contributed by atoms with van der Waals surface area (Å²) in [6.07, 6.45) is 0. The predicted octanol–water partition coefficient (Wildman–Crippen LogP) is 10.6. The molecule has 6 aromatic carbocycles. The van der Waals surface area contributed by atoms with Crippen molar-refractivity contribution in [3.63, 3.8) is 0 Å². The zero-order valence-electron chi connectivity index (χ0n) is 26.2. The number of nitrogens with zero attached hydrogens (tertiary/aromatic N) is 5. The lowest BCUT2D eigenvalue weighted by Gasteiger charge is -2.09. The standard InChI is InChI=1S/C43H27N5O/c1-5-13-28(14-6-1)36-27-37(29-15-7-2-8-16-29)45-42(44-36)32-22-24-38-35(25-32)34-23-21-33(26-39(34)49-38)43-47-40(30-17-9-3-10-18-30)46-41(48-43)31-19-11-4-12-20-31/h1-27H. The quantitative estimate of drug-likeness (QED) is 0.182. The van der Waals surface area contributed by atoms with Crippen LogP contribution in [-0.4, -0.2) is 24.9 Å². The van der Waals surface area contributed by atoms with Crippen molar-refractivity contribution in [2.24, 2.45) is 0 Å². The van der Waals surface area contributed by atoms with Crippen molar-refractivity contribution in [2.75, 3.05) is 0 Å². The Bertz CT molecular complexity index is 2470. The van der Waals surface area contributed by atoms with Gasteiger partial charge in [-0.25, -0.2) is 24.9 Å². The van der Waals surface area contributed by atoms with Gasteiger partial charge in [-0.15, -0.1) is 0 Å². The number of furan rings is 1. The molecule has 9 rings (SSSR count). The lowest BCUT2D eigenvalue weighted by atomic mass is 10.0. The Balaban J connectivity index is 1.15. The smallest absolute Gasteiger partial charge is 0.164 e. The highest BCUT2D eigenvalue weighted by Crippen LogP contribution is 2.35. The molecular weight excluding hydrogens is 603 g/mol. The highest BCUT2D eigenvalue weighted by Gasteiger charge is 2.16. The van der Waals surface area contributed by atoms with Gasteiger partial charge in [0.25, 0.3) is 0 Å². The van der Waals surface area contributed by atoms with Crippen molar-refractivity contribution < 1.29 is 4.42 Å². The van der Waals surface area contributed by atoms with E-state index in [1.54, 1.807) is 0 Å². The first-order valence-electron chi connectivity index (χ1n) is 16.1. The van der Waals surface area contributed by atoms with E-state index in [1.807, 2.05) is 121 Å². The molecule has 0 N–H and O–H groups in total. The van der Waals surface area contributed by atoms with Gasteiger partial charge in [-0.2, -0.15) is 0 Å². The van der Waals surface area contributed by atoms with E-state index in [9.17, 15) is 0 Å². The average Bonchev–Trinajstić information content (AvgIpc) is 3.56. The van der Waals surface area contributed by atoms with Crippen LogP contribution >= 0.6 is 0 Å². The Morgan fingerprint density at radius 1 is 0.286 bits per heavy atom. The van der Waals surface area contributed by atoms with Crippen LogP contribution in [-0.2, 0) is 0 Å². The third kappa shape index (κ3) is 5.51. The van der Waals surface area contributed by atoms with Crippen LogP contribution in [0.3, 0.4) is 0 Å². The molecule has 0 atom stereocenters. The molecule has 0 fully saturated rings. The second kappa shape index (κ2) is 12.1. The molecule has 0 radical (unpaired) electrons. The van der Waals surface area contributed by atoms with E-state index >= 15 is 0 Å². The molecule has 0 saturated carbocycles. The molecule has 49 heavy (non-hydrogen) atoms. The molecule has 3 heterocycles. The second-order valence-corrected chi connectivity index (χ2v) is 11.8. The largest absolute Gasteiger partial charge is 0.456 e. The molecule has 0 aliphatic rings. The molecule has 0 spiro atoms. The van der Waals surface area contributed by atoms with Crippen LogP contribution in [0.1, 0.15) is 0 Å². The van der Waals surface area contributed by atoms with Crippen LogP contribution in [0.25, 0.3) is 90.0 Å². The van der Waals surface area contributed by atoms with Crippen molar-refractivity contribution in [2.45, 2.75) is 0 Å². The summed E-state index contributed by atoms with van der Waals surface area (Å²) in [7, 11) is 0. The predicted molar refractivity (Wildman–Crippen MR) is 195 cm³/mol. The first-order valence-corrected chi connectivity index (χ1v) is 16.1. The number of fused-ring (bicyclic) bond motifs is 3. The molecule has 0 bridgehead atoms. The fourth-order valence-corrected chi connectivity index (χ4v) is 6.08. The monoisotopic (exact) mass is 629 g/mol. The van der Waals surface area contributed by atoms with Crippen molar-refractivity contribution >= 4 is 21.9 Å². The van der Waals surface area contributed by atoms with Gasteiger partial charge in [0, 0.05) is 44.2 Å². The van der Waals surface area contributed by atoms with E-state index in [1.165, 1.54) is 0 Å². The minimum atomic E-state index is 0.579. The van der Waals surface area contributed by atoms with Crippen molar-refractivity contribution in [1.82, 2.24) is 24.9 Å². The van der Waals surface area contributed by atoms with E-state index in [0.29, 0.717) is 23.3 Å². The first-order chi connectivity index (χ1) is 24.2. The Morgan fingerprint density at radius 3 is 1.24 bits per heavy atom. The number of rotatable bonds is 6. The molecule has 0 amide bonds. The topological polar surface area (TPSA) is 77.6 Å². The Labute approximate surface area is 282 Å². The van der Waals surface area contributed by atoms with E-state index in [4.69, 9.17) is 29.3 Å². The van der Waals surface area contributed by atoms with Gasteiger partial charge in [-0.3, -0.25) is 0 Å². The van der Waals surface area contributed by atoms with Gasteiger partial charge in [0.2, 0.25) is 0 Å². The number of benzene rings is 6. The van der Waals surface area contributed by atoms with Gasteiger partial charge in [-0.05, 0) is 36.4 Å². The van der Waals surface area contributed by atoms with Gasteiger partial charge in [0.15, 0.2) is 23.3 Å². The van der Waals surface area contributed by atoms with Gasteiger partial charge in [0.05, 0.1) is 11.4 Å².